The molecule has 1 aromatic rings. The van der Waals surface area contributed by atoms with Crippen LogP contribution < -0.4 is 10.2 Å². The fourth-order valence-corrected chi connectivity index (χ4v) is 2.18. The molecule has 0 bridgehead atoms. The second-order valence-electron chi connectivity index (χ2n) is 6.75. The number of nitrogens with zero attached hydrogens (tertiary/aromatic N) is 1. The summed E-state index contributed by atoms with van der Waals surface area (Å²) in [5.41, 5.74) is 1.77. The highest BCUT2D eigenvalue weighted by atomic mass is 19.1. The van der Waals surface area contributed by atoms with Crippen LogP contribution in [0.1, 0.15) is 46.6 Å². The fourth-order valence-electron chi connectivity index (χ4n) is 2.18. The lowest BCUT2D eigenvalue weighted by Crippen LogP contribution is -2.36. The topological polar surface area (TPSA) is 15.3 Å². The molecule has 0 radical (unpaired) electrons. The van der Waals surface area contributed by atoms with Gasteiger partial charge in [-0.3, -0.25) is 0 Å². The molecule has 1 aromatic carbocycles. The minimum Gasteiger partial charge on any atom is -0.372 e. The molecule has 0 fully saturated rings. The number of hydrogen-bond donors (Lipinski definition) is 1. The summed E-state index contributed by atoms with van der Waals surface area (Å²) in [6.07, 6.45) is 1.11. The van der Waals surface area contributed by atoms with Crippen LogP contribution in [-0.4, -0.2) is 19.1 Å². The van der Waals surface area contributed by atoms with Crippen LogP contribution in [0.15, 0.2) is 18.2 Å². The fraction of sp³-hybridized carbons (Fsp3) is 0.647. The highest BCUT2D eigenvalue weighted by Gasteiger charge is 2.16. The smallest absolute Gasteiger partial charge is 0.146 e. The van der Waals surface area contributed by atoms with Crippen molar-refractivity contribution >= 4 is 5.69 Å². The van der Waals surface area contributed by atoms with Gasteiger partial charge in [0.2, 0.25) is 0 Å². The molecule has 0 saturated carbocycles. The van der Waals surface area contributed by atoms with Crippen LogP contribution in [0.3, 0.4) is 0 Å². The van der Waals surface area contributed by atoms with E-state index in [-0.39, 0.29) is 11.4 Å². The van der Waals surface area contributed by atoms with Crippen molar-refractivity contribution in [1.29, 1.82) is 0 Å². The Morgan fingerprint density at radius 3 is 2.50 bits per heavy atom. The van der Waals surface area contributed by atoms with E-state index < -0.39 is 0 Å². The van der Waals surface area contributed by atoms with Gasteiger partial charge >= 0.3 is 0 Å². The lowest BCUT2D eigenvalue weighted by atomic mass is 10.1. The predicted molar refractivity (Wildman–Crippen MR) is 85.7 cm³/mol. The quantitative estimate of drug-likeness (QED) is 0.840. The first-order valence-electron chi connectivity index (χ1n) is 7.48. The first-order valence-corrected chi connectivity index (χ1v) is 7.48. The van der Waals surface area contributed by atoms with Crippen LogP contribution in [0, 0.1) is 11.7 Å². The van der Waals surface area contributed by atoms with Crippen molar-refractivity contribution in [1.82, 2.24) is 5.32 Å². The second kappa shape index (κ2) is 7.07. The summed E-state index contributed by atoms with van der Waals surface area (Å²) >= 11 is 0. The molecule has 0 aliphatic rings. The van der Waals surface area contributed by atoms with Crippen molar-refractivity contribution < 1.29 is 4.39 Å². The van der Waals surface area contributed by atoms with Gasteiger partial charge < -0.3 is 10.2 Å². The number of benzene rings is 1. The summed E-state index contributed by atoms with van der Waals surface area (Å²) in [5, 5.41) is 3.43. The highest BCUT2D eigenvalue weighted by molar-refractivity contribution is 5.54. The SMILES string of the molecule is CCC(C)CN(C)c1c(F)cccc1CNC(C)(C)C. The number of nitrogens with one attached hydrogen (secondary N) is 1. The van der Waals surface area contributed by atoms with E-state index in [2.05, 4.69) is 39.9 Å². The Labute approximate surface area is 123 Å². The van der Waals surface area contributed by atoms with E-state index in [9.17, 15) is 4.39 Å². The van der Waals surface area contributed by atoms with Crippen LogP contribution >= 0.6 is 0 Å². The molecule has 3 heteroatoms. The maximum absolute atomic E-state index is 14.2. The Balaban J connectivity index is 2.93. The van der Waals surface area contributed by atoms with E-state index in [1.165, 1.54) is 0 Å². The summed E-state index contributed by atoms with van der Waals surface area (Å²) in [6, 6.07) is 5.34. The third-order valence-corrected chi connectivity index (χ3v) is 3.54. The van der Waals surface area contributed by atoms with Crippen LogP contribution in [0.4, 0.5) is 10.1 Å². The van der Waals surface area contributed by atoms with Gasteiger partial charge in [-0.15, -0.1) is 0 Å². The number of para-hydroxylation sites is 1. The molecule has 1 unspecified atom stereocenters. The first-order chi connectivity index (χ1) is 9.24. The molecular formula is C17H29FN2. The van der Waals surface area contributed by atoms with Gasteiger partial charge in [-0.25, -0.2) is 4.39 Å². The van der Waals surface area contributed by atoms with Gasteiger partial charge in [0.05, 0.1) is 5.69 Å². The summed E-state index contributed by atoms with van der Waals surface area (Å²) in [6.45, 7) is 12.3. The zero-order chi connectivity index (χ0) is 15.3. The first kappa shape index (κ1) is 17.0. The third kappa shape index (κ3) is 5.12. The van der Waals surface area contributed by atoms with Gasteiger partial charge in [0.1, 0.15) is 5.82 Å². The number of anilines is 1. The summed E-state index contributed by atoms with van der Waals surface area (Å²) in [4.78, 5) is 2.04. The van der Waals surface area contributed by atoms with Crippen molar-refractivity contribution in [2.75, 3.05) is 18.5 Å². The molecule has 1 rings (SSSR count). The zero-order valence-electron chi connectivity index (χ0n) is 13.8. The average Bonchev–Trinajstić information content (AvgIpc) is 2.35. The van der Waals surface area contributed by atoms with E-state index in [4.69, 9.17) is 0 Å². The lowest BCUT2D eigenvalue weighted by molar-refractivity contribution is 0.423. The zero-order valence-corrected chi connectivity index (χ0v) is 13.8. The van der Waals surface area contributed by atoms with Gasteiger partial charge in [-0.1, -0.05) is 32.4 Å². The minimum absolute atomic E-state index is 0.0267. The Kier molecular flexibility index (Phi) is 6.00. The molecule has 0 aliphatic heterocycles. The van der Waals surface area contributed by atoms with E-state index in [0.29, 0.717) is 12.5 Å². The number of rotatable bonds is 6. The maximum Gasteiger partial charge on any atom is 0.146 e. The van der Waals surface area contributed by atoms with E-state index >= 15 is 0 Å². The molecular weight excluding hydrogens is 251 g/mol. The Bertz CT molecular complexity index is 423. The van der Waals surface area contributed by atoms with Crippen LogP contribution in [-0.2, 0) is 6.54 Å². The van der Waals surface area contributed by atoms with E-state index in [1.807, 2.05) is 18.0 Å². The maximum atomic E-state index is 14.2. The Hall–Kier alpha value is -1.09. The predicted octanol–water partition coefficient (Wildman–Crippen LogP) is 4.20. The summed E-state index contributed by atoms with van der Waals surface area (Å²) in [5.74, 6) is 0.423. The van der Waals surface area contributed by atoms with Gasteiger partial charge in [0, 0.05) is 25.7 Å². The molecule has 20 heavy (non-hydrogen) atoms. The normalized spacial score (nSPS) is 13.3. The summed E-state index contributed by atoms with van der Waals surface area (Å²) in [7, 11) is 1.98. The monoisotopic (exact) mass is 280 g/mol. The average molecular weight is 280 g/mol. The third-order valence-electron chi connectivity index (χ3n) is 3.54. The minimum atomic E-state index is -0.135. The lowest BCUT2D eigenvalue weighted by Gasteiger charge is -2.27. The van der Waals surface area contributed by atoms with Crippen molar-refractivity contribution in [3.8, 4) is 0 Å². The molecule has 0 saturated heterocycles. The Morgan fingerprint density at radius 2 is 1.95 bits per heavy atom. The molecule has 0 spiro atoms. The number of hydrogen-bond acceptors (Lipinski definition) is 2. The molecule has 1 atom stereocenters. The summed E-state index contributed by atoms with van der Waals surface area (Å²) < 4.78 is 14.2. The van der Waals surface area contributed by atoms with Gasteiger partial charge in [-0.05, 0) is 38.3 Å². The highest BCUT2D eigenvalue weighted by Crippen LogP contribution is 2.25. The van der Waals surface area contributed by atoms with Crippen molar-refractivity contribution in [2.24, 2.45) is 5.92 Å². The molecule has 2 nitrogen and oxygen atoms in total. The largest absolute Gasteiger partial charge is 0.372 e. The molecule has 0 heterocycles. The molecule has 1 N–H and O–H groups in total. The van der Waals surface area contributed by atoms with Gasteiger partial charge in [0.25, 0.3) is 0 Å². The molecule has 0 aromatic heterocycles. The van der Waals surface area contributed by atoms with E-state index in [1.54, 1.807) is 12.1 Å². The Morgan fingerprint density at radius 1 is 1.30 bits per heavy atom. The van der Waals surface area contributed by atoms with Crippen LogP contribution in [0.25, 0.3) is 0 Å². The van der Waals surface area contributed by atoms with E-state index in [0.717, 1.165) is 24.2 Å². The molecule has 0 aliphatic carbocycles. The van der Waals surface area contributed by atoms with Gasteiger partial charge in [-0.2, -0.15) is 0 Å². The number of halogens is 1. The molecule has 114 valence electrons. The second-order valence-corrected chi connectivity index (χ2v) is 6.75. The van der Waals surface area contributed by atoms with Crippen molar-refractivity contribution in [3.63, 3.8) is 0 Å². The van der Waals surface area contributed by atoms with Gasteiger partial charge in [0.15, 0.2) is 0 Å². The molecule has 0 amide bonds. The van der Waals surface area contributed by atoms with Crippen molar-refractivity contribution in [2.45, 2.75) is 53.1 Å². The van der Waals surface area contributed by atoms with Crippen LogP contribution in [0.5, 0.6) is 0 Å². The van der Waals surface area contributed by atoms with Crippen LogP contribution in [0.2, 0.25) is 0 Å². The standard InChI is InChI=1S/C17H29FN2/c1-7-13(2)12-20(6)16-14(9-8-10-15(16)18)11-19-17(3,4)5/h8-10,13,19H,7,11-12H2,1-6H3. The van der Waals surface area contributed by atoms with Crippen molar-refractivity contribution in [3.05, 3.63) is 29.6 Å².